The van der Waals surface area contributed by atoms with E-state index >= 15 is 0 Å². The molecule has 1 unspecified atom stereocenters. The number of fused-ring (bicyclic) bond motifs is 1. The largest absolute Gasteiger partial charge is 0.508 e. The van der Waals surface area contributed by atoms with Crippen LogP contribution in [0.5, 0.6) is 11.5 Å². The number of nitrogens with zero attached hydrogens (tertiary/aromatic N) is 1. The highest BCUT2D eigenvalue weighted by molar-refractivity contribution is 5.50. The lowest BCUT2D eigenvalue weighted by Crippen LogP contribution is -2.48. The first-order valence-electron chi connectivity index (χ1n) is 6.89. The fourth-order valence-electron chi connectivity index (χ4n) is 3.09. The topological polar surface area (TPSA) is 65.3 Å². The van der Waals surface area contributed by atoms with Crippen molar-refractivity contribution in [3.05, 3.63) is 23.8 Å². The van der Waals surface area contributed by atoms with E-state index in [0.717, 1.165) is 18.4 Å². The zero-order valence-electron chi connectivity index (χ0n) is 10.9. The first-order chi connectivity index (χ1) is 9.23. The van der Waals surface area contributed by atoms with Crippen molar-refractivity contribution >= 4 is 0 Å². The number of ether oxygens (including phenoxy) is 1. The van der Waals surface area contributed by atoms with E-state index in [4.69, 9.17) is 4.74 Å². The molecule has 2 aliphatic rings. The maximum atomic E-state index is 9.61. The van der Waals surface area contributed by atoms with Crippen LogP contribution in [0.1, 0.15) is 37.7 Å². The monoisotopic (exact) mass is 258 g/mol. The lowest BCUT2D eigenvalue weighted by Gasteiger charge is -2.30. The Balaban J connectivity index is 1.87. The van der Waals surface area contributed by atoms with Gasteiger partial charge in [0.1, 0.15) is 18.1 Å². The second-order valence-electron chi connectivity index (χ2n) is 5.47. The van der Waals surface area contributed by atoms with Gasteiger partial charge in [-0.3, -0.25) is 5.32 Å². The van der Waals surface area contributed by atoms with Gasteiger partial charge in [0.25, 0.3) is 0 Å². The molecule has 0 radical (unpaired) electrons. The van der Waals surface area contributed by atoms with E-state index in [-0.39, 0.29) is 5.75 Å². The average molecular weight is 258 g/mol. The fraction of sp³-hybridized carbons (Fsp3) is 0.533. The zero-order valence-corrected chi connectivity index (χ0v) is 10.9. The van der Waals surface area contributed by atoms with Crippen molar-refractivity contribution < 1.29 is 9.84 Å². The Bertz CT molecular complexity index is 517. The SMILES string of the molecule is N#CC1(NC2CCCCC2)COc2cc(O)ccc21. The van der Waals surface area contributed by atoms with Crippen LogP contribution in [-0.4, -0.2) is 17.8 Å². The molecule has 3 rings (SSSR count). The number of phenols is 1. The Morgan fingerprint density at radius 2 is 2.11 bits per heavy atom. The molecule has 4 heteroatoms. The minimum Gasteiger partial charge on any atom is -0.508 e. The van der Waals surface area contributed by atoms with Crippen molar-refractivity contribution in [3.63, 3.8) is 0 Å². The number of hydrogen-bond donors (Lipinski definition) is 2. The van der Waals surface area contributed by atoms with Gasteiger partial charge in [-0.2, -0.15) is 5.26 Å². The van der Waals surface area contributed by atoms with Crippen LogP contribution in [0.4, 0.5) is 0 Å². The van der Waals surface area contributed by atoms with Crippen LogP contribution in [-0.2, 0) is 5.54 Å². The zero-order chi connectivity index (χ0) is 13.3. The molecule has 1 atom stereocenters. The van der Waals surface area contributed by atoms with E-state index in [1.165, 1.54) is 19.3 Å². The predicted molar refractivity (Wildman–Crippen MR) is 70.9 cm³/mol. The van der Waals surface area contributed by atoms with Crippen molar-refractivity contribution in [1.82, 2.24) is 5.32 Å². The van der Waals surface area contributed by atoms with E-state index in [2.05, 4.69) is 11.4 Å². The standard InChI is InChI=1S/C15H18N2O2/c16-9-15(17-11-4-2-1-3-5-11)10-19-14-8-12(18)6-7-13(14)15/h6-8,11,17-18H,1-5,10H2. The Morgan fingerprint density at radius 1 is 1.32 bits per heavy atom. The van der Waals surface area contributed by atoms with Crippen LogP contribution < -0.4 is 10.1 Å². The Kier molecular flexibility index (Phi) is 3.08. The quantitative estimate of drug-likeness (QED) is 0.855. The molecule has 1 heterocycles. The number of rotatable bonds is 2. The molecule has 0 spiro atoms. The van der Waals surface area contributed by atoms with Gasteiger partial charge in [0.15, 0.2) is 5.54 Å². The maximum absolute atomic E-state index is 9.61. The molecule has 1 aliphatic heterocycles. The molecule has 0 amide bonds. The molecule has 0 saturated heterocycles. The Morgan fingerprint density at radius 3 is 2.84 bits per heavy atom. The van der Waals surface area contributed by atoms with Crippen molar-refractivity contribution in [2.75, 3.05) is 6.61 Å². The summed E-state index contributed by atoms with van der Waals surface area (Å²) in [5.74, 6) is 0.787. The van der Waals surface area contributed by atoms with Gasteiger partial charge in [-0.05, 0) is 25.0 Å². The van der Waals surface area contributed by atoms with Crippen molar-refractivity contribution in [2.45, 2.75) is 43.7 Å². The van der Waals surface area contributed by atoms with Crippen LogP contribution in [0.2, 0.25) is 0 Å². The molecular formula is C15H18N2O2. The van der Waals surface area contributed by atoms with Gasteiger partial charge in [0.05, 0.1) is 6.07 Å². The summed E-state index contributed by atoms with van der Waals surface area (Å²) in [6.07, 6.45) is 5.98. The van der Waals surface area contributed by atoms with Gasteiger partial charge < -0.3 is 9.84 Å². The van der Waals surface area contributed by atoms with Gasteiger partial charge in [0.2, 0.25) is 0 Å². The highest BCUT2D eigenvalue weighted by Crippen LogP contribution is 2.39. The smallest absolute Gasteiger partial charge is 0.170 e. The van der Waals surface area contributed by atoms with Gasteiger partial charge in [-0.1, -0.05) is 19.3 Å². The second-order valence-corrected chi connectivity index (χ2v) is 5.47. The molecule has 0 bridgehead atoms. The summed E-state index contributed by atoms with van der Waals surface area (Å²) in [6.45, 7) is 0.318. The van der Waals surface area contributed by atoms with Crippen LogP contribution in [0.15, 0.2) is 18.2 Å². The molecule has 1 aromatic rings. The molecule has 0 aromatic heterocycles. The summed E-state index contributed by atoms with van der Waals surface area (Å²) in [7, 11) is 0. The molecule has 1 fully saturated rings. The van der Waals surface area contributed by atoms with Gasteiger partial charge in [-0.15, -0.1) is 0 Å². The van der Waals surface area contributed by atoms with Gasteiger partial charge >= 0.3 is 0 Å². The first-order valence-corrected chi connectivity index (χ1v) is 6.89. The van der Waals surface area contributed by atoms with Crippen molar-refractivity contribution in [3.8, 4) is 17.6 Å². The molecule has 19 heavy (non-hydrogen) atoms. The third-order valence-electron chi connectivity index (χ3n) is 4.12. The normalized spacial score (nSPS) is 26.5. The van der Waals surface area contributed by atoms with Crippen molar-refractivity contribution in [2.24, 2.45) is 0 Å². The molecule has 1 aromatic carbocycles. The first kappa shape index (κ1) is 12.3. The van der Waals surface area contributed by atoms with Gasteiger partial charge in [-0.25, -0.2) is 0 Å². The van der Waals surface area contributed by atoms with Crippen LogP contribution >= 0.6 is 0 Å². The number of benzene rings is 1. The number of nitrogens with one attached hydrogen (secondary N) is 1. The molecule has 4 nitrogen and oxygen atoms in total. The molecule has 2 N–H and O–H groups in total. The molecule has 1 saturated carbocycles. The molecular weight excluding hydrogens is 240 g/mol. The third-order valence-corrected chi connectivity index (χ3v) is 4.12. The minimum atomic E-state index is -0.759. The Hall–Kier alpha value is -1.73. The highest BCUT2D eigenvalue weighted by Gasteiger charge is 2.42. The predicted octanol–water partition coefficient (Wildman–Crippen LogP) is 2.43. The number of phenolic OH excluding ortho intramolecular Hbond substituents is 1. The van der Waals surface area contributed by atoms with Crippen LogP contribution in [0.25, 0.3) is 0 Å². The number of nitriles is 1. The summed E-state index contributed by atoms with van der Waals surface area (Å²) in [6, 6.07) is 7.75. The third kappa shape index (κ3) is 2.15. The van der Waals surface area contributed by atoms with Crippen molar-refractivity contribution in [1.29, 1.82) is 5.26 Å². The fourth-order valence-corrected chi connectivity index (χ4v) is 3.09. The average Bonchev–Trinajstić information content (AvgIpc) is 2.78. The van der Waals surface area contributed by atoms with E-state index in [0.29, 0.717) is 18.4 Å². The van der Waals surface area contributed by atoms with E-state index < -0.39 is 5.54 Å². The summed E-state index contributed by atoms with van der Waals surface area (Å²) in [5, 5.41) is 22.6. The van der Waals surface area contributed by atoms with Gasteiger partial charge in [0, 0.05) is 17.7 Å². The summed E-state index contributed by atoms with van der Waals surface area (Å²) < 4.78 is 5.58. The molecule has 100 valence electrons. The summed E-state index contributed by atoms with van der Waals surface area (Å²) in [5.41, 5.74) is 0.0868. The lowest BCUT2D eigenvalue weighted by atomic mass is 9.88. The number of hydrogen-bond acceptors (Lipinski definition) is 4. The molecule has 1 aliphatic carbocycles. The van der Waals surface area contributed by atoms with E-state index in [1.807, 2.05) is 0 Å². The highest BCUT2D eigenvalue weighted by atomic mass is 16.5. The summed E-state index contributed by atoms with van der Waals surface area (Å²) in [4.78, 5) is 0. The lowest BCUT2D eigenvalue weighted by molar-refractivity contribution is 0.233. The second kappa shape index (κ2) is 4.75. The number of aromatic hydroxyl groups is 1. The van der Waals surface area contributed by atoms with Crippen LogP contribution in [0, 0.1) is 11.3 Å². The summed E-state index contributed by atoms with van der Waals surface area (Å²) >= 11 is 0. The minimum absolute atomic E-state index is 0.171. The maximum Gasteiger partial charge on any atom is 0.170 e. The van der Waals surface area contributed by atoms with E-state index in [1.54, 1.807) is 18.2 Å². The van der Waals surface area contributed by atoms with E-state index in [9.17, 15) is 10.4 Å². The van der Waals surface area contributed by atoms with Crippen LogP contribution in [0.3, 0.4) is 0 Å². The Labute approximate surface area is 113 Å².